The minimum absolute atomic E-state index is 0.146. The summed E-state index contributed by atoms with van der Waals surface area (Å²) in [5.74, 6) is 0.918. The molecule has 28 heavy (non-hydrogen) atoms. The lowest BCUT2D eigenvalue weighted by atomic mass is 9.93. The standard InChI is InChI=1S/C24H33NO3/c1-17(26)11-18-7-6-8-19(12-18)23-10-9-22(28-5)14-20(23)13-21(27)15-25-16-24(2,3)4/h6-10,12,14,21,25,27H,11,13,15-16H2,1-5H3. The molecular weight excluding hydrogens is 350 g/mol. The highest BCUT2D eigenvalue weighted by Crippen LogP contribution is 2.29. The number of rotatable bonds is 9. The Bertz CT molecular complexity index is 793. The van der Waals surface area contributed by atoms with Gasteiger partial charge in [0.25, 0.3) is 0 Å². The first kappa shape index (κ1) is 22.1. The van der Waals surface area contributed by atoms with Crippen molar-refractivity contribution in [2.45, 2.75) is 46.6 Å². The third-order valence-electron chi connectivity index (χ3n) is 4.49. The largest absolute Gasteiger partial charge is 0.497 e. The zero-order valence-corrected chi connectivity index (χ0v) is 17.7. The van der Waals surface area contributed by atoms with E-state index in [2.05, 4.69) is 32.2 Å². The molecule has 2 N–H and O–H groups in total. The quantitative estimate of drug-likeness (QED) is 0.686. The summed E-state index contributed by atoms with van der Waals surface area (Å²) in [4.78, 5) is 11.5. The summed E-state index contributed by atoms with van der Waals surface area (Å²) in [7, 11) is 1.65. The summed E-state index contributed by atoms with van der Waals surface area (Å²) in [6.45, 7) is 9.49. The molecule has 4 nitrogen and oxygen atoms in total. The lowest BCUT2D eigenvalue weighted by Crippen LogP contribution is -2.34. The summed E-state index contributed by atoms with van der Waals surface area (Å²) < 4.78 is 5.39. The van der Waals surface area contributed by atoms with E-state index in [0.29, 0.717) is 19.4 Å². The topological polar surface area (TPSA) is 58.6 Å². The van der Waals surface area contributed by atoms with E-state index in [0.717, 1.165) is 34.5 Å². The maximum absolute atomic E-state index is 11.5. The molecule has 152 valence electrons. The van der Waals surface area contributed by atoms with Gasteiger partial charge in [-0.2, -0.15) is 0 Å². The number of carbonyl (C=O) groups excluding carboxylic acids is 1. The van der Waals surface area contributed by atoms with Crippen molar-refractivity contribution >= 4 is 5.78 Å². The summed E-state index contributed by atoms with van der Waals surface area (Å²) >= 11 is 0. The number of ether oxygens (including phenoxy) is 1. The number of methoxy groups -OCH3 is 1. The number of aliphatic hydroxyl groups is 1. The molecule has 0 heterocycles. The molecule has 0 fully saturated rings. The summed E-state index contributed by atoms with van der Waals surface area (Å²) in [6, 6.07) is 14.0. The van der Waals surface area contributed by atoms with Crippen LogP contribution in [0.1, 0.15) is 38.8 Å². The predicted octanol–water partition coefficient (Wildman–Crippen LogP) is 4.03. The molecule has 0 radical (unpaired) electrons. The molecule has 2 aromatic carbocycles. The van der Waals surface area contributed by atoms with Crippen LogP contribution in [0.2, 0.25) is 0 Å². The molecule has 0 aromatic heterocycles. The van der Waals surface area contributed by atoms with Gasteiger partial charge in [0.15, 0.2) is 0 Å². The Morgan fingerprint density at radius 1 is 1.18 bits per heavy atom. The zero-order chi connectivity index (χ0) is 20.7. The number of benzene rings is 2. The van der Waals surface area contributed by atoms with Crippen molar-refractivity contribution in [2.24, 2.45) is 5.41 Å². The van der Waals surface area contributed by atoms with Crippen LogP contribution in [0.5, 0.6) is 5.75 Å². The molecule has 2 rings (SSSR count). The van der Waals surface area contributed by atoms with Crippen LogP contribution in [0.25, 0.3) is 11.1 Å². The van der Waals surface area contributed by atoms with Crippen LogP contribution < -0.4 is 10.1 Å². The van der Waals surface area contributed by atoms with E-state index in [-0.39, 0.29) is 11.2 Å². The lowest BCUT2D eigenvalue weighted by molar-refractivity contribution is -0.116. The molecule has 0 aliphatic rings. The van der Waals surface area contributed by atoms with Gasteiger partial charge in [0.2, 0.25) is 0 Å². The van der Waals surface area contributed by atoms with E-state index in [1.807, 2.05) is 36.4 Å². The van der Waals surface area contributed by atoms with Crippen molar-refractivity contribution in [2.75, 3.05) is 20.2 Å². The molecule has 0 spiro atoms. The van der Waals surface area contributed by atoms with Gasteiger partial charge >= 0.3 is 0 Å². The highest BCUT2D eigenvalue weighted by Gasteiger charge is 2.15. The van der Waals surface area contributed by atoms with E-state index in [1.54, 1.807) is 14.0 Å². The average Bonchev–Trinajstić information content (AvgIpc) is 2.60. The normalized spacial score (nSPS) is 12.6. The molecular formula is C24H33NO3. The van der Waals surface area contributed by atoms with Gasteiger partial charge < -0.3 is 15.2 Å². The molecule has 4 heteroatoms. The van der Waals surface area contributed by atoms with E-state index >= 15 is 0 Å². The van der Waals surface area contributed by atoms with E-state index in [4.69, 9.17) is 4.74 Å². The van der Waals surface area contributed by atoms with Gasteiger partial charge in [0, 0.05) is 25.9 Å². The van der Waals surface area contributed by atoms with Crippen LogP contribution in [0.3, 0.4) is 0 Å². The molecule has 0 bridgehead atoms. The number of carbonyl (C=O) groups is 1. The summed E-state index contributed by atoms with van der Waals surface area (Å²) in [5, 5.41) is 13.9. The van der Waals surface area contributed by atoms with Gasteiger partial charge in [-0.3, -0.25) is 4.79 Å². The monoisotopic (exact) mass is 383 g/mol. The number of aliphatic hydroxyl groups excluding tert-OH is 1. The first-order valence-corrected chi connectivity index (χ1v) is 9.82. The molecule has 0 saturated carbocycles. The number of ketones is 1. The molecule has 1 atom stereocenters. The van der Waals surface area contributed by atoms with Crippen LogP contribution in [0, 0.1) is 5.41 Å². The Labute approximate surface area is 168 Å². The van der Waals surface area contributed by atoms with Gasteiger partial charge in [-0.05, 0) is 46.7 Å². The molecule has 0 saturated heterocycles. The van der Waals surface area contributed by atoms with Crippen LogP contribution in [-0.2, 0) is 17.6 Å². The zero-order valence-electron chi connectivity index (χ0n) is 17.7. The molecule has 0 aliphatic carbocycles. The third-order valence-corrected chi connectivity index (χ3v) is 4.49. The fourth-order valence-electron chi connectivity index (χ4n) is 3.22. The fourth-order valence-corrected chi connectivity index (χ4v) is 3.22. The lowest BCUT2D eigenvalue weighted by Gasteiger charge is -2.21. The van der Waals surface area contributed by atoms with Crippen molar-refractivity contribution in [1.29, 1.82) is 0 Å². The smallest absolute Gasteiger partial charge is 0.134 e. The number of hydrogen-bond acceptors (Lipinski definition) is 4. The van der Waals surface area contributed by atoms with Gasteiger partial charge in [0.05, 0.1) is 13.2 Å². The SMILES string of the molecule is COc1ccc(-c2cccc(CC(C)=O)c2)c(CC(O)CNCC(C)(C)C)c1. The highest BCUT2D eigenvalue weighted by atomic mass is 16.5. The second-order valence-corrected chi connectivity index (χ2v) is 8.65. The van der Waals surface area contributed by atoms with E-state index < -0.39 is 6.10 Å². The van der Waals surface area contributed by atoms with Gasteiger partial charge in [-0.15, -0.1) is 0 Å². The molecule has 0 aliphatic heterocycles. The van der Waals surface area contributed by atoms with Crippen molar-refractivity contribution < 1.29 is 14.6 Å². The van der Waals surface area contributed by atoms with Crippen LogP contribution >= 0.6 is 0 Å². The van der Waals surface area contributed by atoms with Gasteiger partial charge in [0.1, 0.15) is 11.5 Å². The maximum Gasteiger partial charge on any atom is 0.134 e. The second kappa shape index (κ2) is 9.85. The molecule has 1 unspecified atom stereocenters. The first-order valence-electron chi connectivity index (χ1n) is 9.82. The van der Waals surface area contributed by atoms with Gasteiger partial charge in [-0.25, -0.2) is 0 Å². The van der Waals surface area contributed by atoms with Crippen molar-refractivity contribution in [3.63, 3.8) is 0 Å². The minimum Gasteiger partial charge on any atom is -0.497 e. The number of hydrogen-bond donors (Lipinski definition) is 2. The molecule has 0 amide bonds. The first-order chi connectivity index (χ1) is 13.2. The number of nitrogens with one attached hydrogen (secondary N) is 1. The highest BCUT2D eigenvalue weighted by molar-refractivity contribution is 5.79. The summed E-state index contributed by atoms with van der Waals surface area (Å²) in [5.41, 5.74) is 4.31. The summed E-state index contributed by atoms with van der Waals surface area (Å²) in [6.07, 6.45) is 0.466. The van der Waals surface area contributed by atoms with Crippen LogP contribution in [0.15, 0.2) is 42.5 Å². The Balaban J connectivity index is 2.22. The van der Waals surface area contributed by atoms with Crippen LogP contribution in [0.4, 0.5) is 0 Å². The van der Waals surface area contributed by atoms with E-state index in [9.17, 15) is 9.90 Å². The predicted molar refractivity (Wildman–Crippen MR) is 115 cm³/mol. The van der Waals surface area contributed by atoms with Crippen molar-refractivity contribution in [3.05, 3.63) is 53.6 Å². The van der Waals surface area contributed by atoms with Crippen LogP contribution in [-0.4, -0.2) is 37.2 Å². The Morgan fingerprint density at radius 3 is 2.57 bits per heavy atom. The Hall–Kier alpha value is -2.17. The Kier molecular flexibility index (Phi) is 7.78. The molecule has 2 aromatic rings. The van der Waals surface area contributed by atoms with Gasteiger partial charge in [-0.1, -0.05) is 51.1 Å². The minimum atomic E-state index is -0.492. The van der Waals surface area contributed by atoms with Crippen molar-refractivity contribution in [3.8, 4) is 16.9 Å². The fraction of sp³-hybridized carbons (Fsp3) is 0.458. The Morgan fingerprint density at radius 2 is 1.93 bits per heavy atom. The number of Topliss-reactive ketones (excluding diaryl/α,β-unsaturated/α-hetero) is 1. The van der Waals surface area contributed by atoms with E-state index in [1.165, 1.54) is 0 Å². The average molecular weight is 384 g/mol. The maximum atomic E-state index is 11.5. The van der Waals surface area contributed by atoms with Crippen molar-refractivity contribution in [1.82, 2.24) is 5.32 Å². The second-order valence-electron chi connectivity index (χ2n) is 8.65. The third kappa shape index (κ3) is 7.10.